The normalized spacial score (nSPS) is 21.6. The van der Waals surface area contributed by atoms with E-state index in [4.69, 9.17) is 9.84 Å². The van der Waals surface area contributed by atoms with Crippen molar-refractivity contribution in [2.24, 2.45) is 0 Å². The molecule has 1 heterocycles. The Kier molecular flexibility index (Phi) is 5.50. The van der Waals surface area contributed by atoms with Crippen molar-refractivity contribution in [3.8, 4) is 5.75 Å². The summed E-state index contributed by atoms with van der Waals surface area (Å²) in [6.45, 7) is 0.118. The topological polar surface area (TPSA) is 49.8 Å². The van der Waals surface area contributed by atoms with E-state index in [1.54, 1.807) is 12.1 Å². The molecule has 116 valence electrons. The van der Waals surface area contributed by atoms with Gasteiger partial charge in [0.25, 0.3) is 0 Å². The van der Waals surface area contributed by atoms with Gasteiger partial charge in [0.2, 0.25) is 5.91 Å². The highest BCUT2D eigenvalue weighted by Crippen LogP contribution is 2.21. The van der Waals surface area contributed by atoms with Crippen LogP contribution in [0.2, 0.25) is 0 Å². The molecular weight excluding hydrogens is 280 g/mol. The van der Waals surface area contributed by atoms with E-state index in [2.05, 4.69) is 0 Å². The molecule has 1 fully saturated rings. The fourth-order valence-electron chi connectivity index (χ4n) is 2.45. The van der Waals surface area contributed by atoms with E-state index in [0.29, 0.717) is 12.2 Å². The number of halogens is 2. The minimum atomic E-state index is -1.06. The largest absolute Gasteiger partial charge is 0.493 e. The summed E-state index contributed by atoms with van der Waals surface area (Å²) in [6, 6.07) is 5.37. The van der Waals surface area contributed by atoms with Crippen molar-refractivity contribution in [3.05, 3.63) is 30.1 Å². The molecule has 1 saturated heterocycles. The van der Waals surface area contributed by atoms with Crippen LogP contribution in [0.4, 0.5) is 8.78 Å². The Morgan fingerprint density at radius 3 is 3.00 bits per heavy atom. The molecule has 1 aliphatic heterocycles. The summed E-state index contributed by atoms with van der Waals surface area (Å²) >= 11 is 0. The summed E-state index contributed by atoms with van der Waals surface area (Å²) in [5.74, 6) is -0.141. The van der Waals surface area contributed by atoms with Crippen molar-refractivity contribution >= 4 is 5.91 Å². The van der Waals surface area contributed by atoms with Gasteiger partial charge < -0.3 is 14.7 Å². The molecule has 1 aromatic carbocycles. The zero-order chi connectivity index (χ0) is 15.2. The van der Waals surface area contributed by atoms with Crippen molar-refractivity contribution in [1.82, 2.24) is 4.90 Å². The zero-order valence-electron chi connectivity index (χ0n) is 11.7. The molecule has 0 saturated carbocycles. The SMILES string of the molecule is O=C(CCCOc1cccc(F)c1)N1CC(F)CC1CO. The van der Waals surface area contributed by atoms with Crippen molar-refractivity contribution in [3.63, 3.8) is 0 Å². The fraction of sp³-hybridized carbons (Fsp3) is 0.533. The standard InChI is InChI=1S/C15H19F2NO3/c16-11-3-1-4-14(8-11)21-6-2-5-15(20)18-9-12(17)7-13(18)10-19/h1,3-4,8,12-13,19H,2,5-7,9-10H2. The van der Waals surface area contributed by atoms with Crippen LogP contribution in [0.15, 0.2) is 24.3 Å². The molecule has 2 atom stereocenters. The molecule has 0 aliphatic carbocycles. The Balaban J connectivity index is 1.72. The number of hydrogen-bond acceptors (Lipinski definition) is 3. The molecule has 1 amide bonds. The first-order valence-corrected chi connectivity index (χ1v) is 7.03. The van der Waals surface area contributed by atoms with Gasteiger partial charge in [0.15, 0.2) is 0 Å². The minimum absolute atomic E-state index is 0.0504. The molecule has 6 heteroatoms. The first-order chi connectivity index (χ1) is 10.1. The highest BCUT2D eigenvalue weighted by Gasteiger charge is 2.34. The monoisotopic (exact) mass is 299 g/mol. The molecule has 0 radical (unpaired) electrons. The van der Waals surface area contributed by atoms with E-state index in [-0.39, 0.29) is 44.3 Å². The highest BCUT2D eigenvalue weighted by molar-refractivity contribution is 5.76. The molecule has 1 N–H and O–H groups in total. The maximum Gasteiger partial charge on any atom is 0.223 e. The second-order valence-electron chi connectivity index (χ2n) is 5.12. The summed E-state index contributed by atoms with van der Waals surface area (Å²) in [5.41, 5.74) is 0. The van der Waals surface area contributed by atoms with Crippen LogP contribution < -0.4 is 4.74 Å². The number of benzene rings is 1. The van der Waals surface area contributed by atoms with Gasteiger partial charge in [-0.2, -0.15) is 0 Å². The van der Waals surface area contributed by atoms with E-state index in [1.807, 2.05) is 0 Å². The van der Waals surface area contributed by atoms with Crippen LogP contribution in [0.25, 0.3) is 0 Å². The van der Waals surface area contributed by atoms with Gasteiger partial charge in [-0.25, -0.2) is 8.78 Å². The number of nitrogens with zero attached hydrogens (tertiary/aromatic N) is 1. The van der Waals surface area contributed by atoms with Crippen LogP contribution in [0.3, 0.4) is 0 Å². The van der Waals surface area contributed by atoms with E-state index in [9.17, 15) is 13.6 Å². The molecule has 2 rings (SSSR count). The van der Waals surface area contributed by atoms with Crippen LogP contribution in [0.1, 0.15) is 19.3 Å². The van der Waals surface area contributed by atoms with E-state index in [0.717, 1.165) is 0 Å². The van der Waals surface area contributed by atoms with Crippen LogP contribution in [0.5, 0.6) is 5.75 Å². The lowest BCUT2D eigenvalue weighted by molar-refractivity contribution is -0.133. The Morgan fingerprint density at radius 1 is 1.48 bits per heavy atom. The molecule has 0 bridgehead atoms. The van der Waals surface area contributed by atoms with Gasteiger partial charge in [-0.15, -0.1) is 0 Å². The zero-order valence-corrected chi connectivity index (χ0v) is 11.7. The van der Waals surface area contributed by atoms with E-state index < -0.39 is 12.2 Å². The first kappa shape index (κ1) is 15.7. The predicted molar refractivity (Wildman–Crippen MR) is 73.2 cm³/mol. The molecule has 0 spiro atoms. The summed E-state index contributed by atoms with van der Waals surface area (Å²) < 4.78 is 31.5. The average molecular weight is 299 g/mol. The first-order valence-electron chi connectivity index (χ1n) is 7.03. The lowest BCUT2D eigenvalue weighted by Crippen LogP contribution is -2.37. The van der Waals surface area contributed by atoms with Gasteiger partial charge in [-0.1, -0.05) is 6.07 Å². The Bertz CT molecular complexity index is 484. The lowest BCUT2D eigenvalue weighted by Gasteiger charge is -2.22. The quantitative estimate of drug-likeness (QED) is 0.816. The van der Waals surface area contributed by atoms with Crippen LogP contribution in [0, 0.1) is 5.82 Å². The number of carbonyl (C=O) groups excluding carboxylic acids is 1. The Labute approximate surface area is 122 Å². The number of likely N-dealkylation sites (tertiary alicyclic amines) is 1. The van der Waals surface area contributed by atoms with Gasteiger partial charge in [0.1, 0.15) is 17.7 Å². The third-order valence-corrected chi connectivity index (χ3v) is 3.49. The van der Waals surface area contributed by atoms with Crippen molar-refractivity contribution < 1.29 is 23.4 Å². The van der Waals surface area contributed by atoms with Gasteiger partial charge >= 0.3 is 0 Å². The Morgan fingerprint density at radius 2 is 2.29 bits per heavy atom. The molecule has 2 unspecified atom stereocenters. The summed E-state index contributed by atoms with van der Waals surface area (Å²) in [5, 5.41) is 9.13. The Hall–Kier alpha value is -1.69. The van der Waals surface area contributed by atoms with Gasteiger partial charge in [-0.3, -0.25) is 4.79 Å². The molecule has 4 nitrogen and oxygen atoms in total. The fourth-order valence-corrected chi connectivity index (χ4v) is 2.45. The maximum absolute atomic E-state index is 13.3. The summed E-state index contributed by atoms with van der Waals surface area (Å²) in [7, 11) is 0. The second kappa shape index (κ2) is 7.36. The maximum atomic E-state index is 13.3. The third kappa shape index (κ3) is 4.39. The van der Waals surface area contributed by atoms with Crippen molar-refractivity contribution in [1.29, 1.82) is 0 Å². The number of aliphatic hydroxyl groups is 1. The number of alkyl halides is 1. The number of ether oxygens (including phenoxy) is 1. The van der Waals surface area contributed by atoms with Crippen LogP contribution in [-0.4, -0.2) is 47.9 Å². The molecule has 21 heavy (non-hydrogen) atoms. The highest BCUT2D eigenvalue weighted by atomic mass is 19.1. The summed E-state index contributed by atoms with van der Waals surface area (Å²) in [6.07, 6.45) is -0.184. The molecule has 1 aromatic rings. The van der Waals surface area contributed by atoms with Crippen molar-refractivity contribution in [2.45, 2.75) is 31.5 Å². The number of carbonyl (C=O) groups is 1. The molecule has 1 aliphatic rings. The lowest BCUT2D eigenvalue weighted by atomic mass is 10.2. The number of aliphatic hydroxyl groups excluding tert-OH is 1. The van der Waals surface area contributed by atoms with Crippen LogP contribution >= 0.6 is 0 Å². The third-order valence-electron chi connectivity index (χ3n) is 3.49. The smallest absolute Gasteiger partial charge is 0.223 e. The number of amides is 1. The molecule has 0 aromatic heterocycles. The van der Waals surface area contributed by atoms with Crippen LogP contribution in [-0.2, 0) is 4.79 Å². The number of hydrogen-bond donors (Lipinski definition) is 1. The van der Waals surface area contributed by atoms with E-state index >= 15 is 0 Å². The number of rotatable bonds is 6. The molecular formula is C15H19F2NO3. The van der Waals surface area contributed by atoms with Gasteiger partial charge in [0.05, 0.1) is 25.8 Å². The van der Waals surface area contributed by atoms with E-state index in [1.165, 1.54) is 17.0 Å². The van der Waals surface area contributed by atoms with Gasteiger partial charge in [0, 0.05) is 18.9 Å². The van der Waals surface area contributed by atoms with Gasteiger partial charge in [-0.05, 0) is 18.6 Å². The predicted octanol–water partition coefficient (Wildman–Crippen LogP) is 1.92. The summed E-state index contributed by atoms with van der Waals surface area (Å²) in [4.78, 5) is 13.4. The van der Waals surface area contributed by atoms with Crippen molar-refractivity contribution in [2.75, 3.05) is 19.8 Å². The average Bonchev–Trinajstić information content (AvgIpc) is 2.85. The minimum Gasteiger partial charge on any atom is -0.493 e. The second-order valence-corrected chi connectivity index (χ2v) is 5.12.